The molecule has 2 N–H and O–H groups in total. The van der Waals surface area contributed by atoms with Gasteiger partial charge in [-0.15, -0.1) is 0 Å². The molecule has 0 bridgehead atoms. The quantitative estimate of drug-likeness (QED) is 0.920. The summed E-state index contributed by atoms with van der Waals surface area (Å²) in [6.07, 6.45) is 2.61. The fraction of sp³-hybridized carbons (Fsp3) is 0.500. The van der Waals surface area contributed by atoms with Crippen LogP contribution in [0.1, 0.15) is 24.8 Å². The van der Waals surface area contributed by atoms with E-state index in [4.69, 9.17) is 10.2 Å². The molecule has 6 heteroatoms. The van der Waals surface area contributed by atoms with Gasteiger partial charge in [0.1, 0.15) is 0 Å². The summed E-state index contributed by atoms with van der Waals surface area (Å²) in [4.78, 5) is 24.9. The highest BCUT2D eigenvalue weighted by Crippen LogP contribution is 2.22. The lowest BCUT2D eigenvalue weighted by atomic mass is 9.94. The van der Waals surface area contributed by atoms with Crippen LogP contribution in [0.3, 0.4) is 0 Å². The number of rotatable bonds is 4. The molecule has 1 aliphatic rings. The molecule has 3 rings (SSSR count). The van der Waals surface area contributed by atoms with Gasteiger partial charge in [0.25, 0.3) is 0 Å². The first-order valence-corrected chi connectivity index (χ1v) is 7.62. The number of oxazole rings is 1. The number of likely N-dealkylation sites (tertiary alicyclic amines) is 1. The molecule has 1 atom stereocenters. The molecule has 1 fully saturated rings. The first-order valence-electron chi connectivity index (χ1n) is 7.62. The maximum absolute atomic E-state index is 11.5. The number of carbonyl (C=O) groups excluding carboxylic acids is 1. The Labute approximate surface area is 128 Å². The lowest BCUT2D eigenvalue weighted by molar-refractivity contribution is -0.119. The number of nitrogens with two attached hydrogens (primary N) is 1. The fourth-order valence-electron chi connectivity index (χ4n) is 3.28. The highest BCUT2D eigenvalue weighted by Gasteiger charge is 2.21. The number of piperidine rings is 1. The molecule has 1 aromatic heterocycles. The van der Waals surface area contributed by atoms with Crippen LogP contribution in [0.25, 0.3) is 11.1 Å². The Kier molecular flexibility index (Phi) is 4.02. The second kappa shape index (κ2) is 5.96. The number of hydrogen-bond donors (Lipinski definition) is 1. The summed E-state index contributed by atoms with van der Waals surface area (Å²) in [5.41, 5.74) is 7.84. The number of aryl methyl sites for hydroxylation is 1. The van der Waals surface area contributed by atoms with Gasteiger partial charge < -0.3 is 10.2 Å². The molecule has 1 aromatic carbocycles. The van der Waals surface area contributed by atoms with Gasteiger partial charge in [0.2, 0.25) is 5.91 Å². The molecule has 0 spiro atoms. The van der Waals surface area contributed by atoms with Crippen molar-refractivity contribution in [1.82, 2.24) is 9.47 Å². The van der Waals surface area contributed by atoms with Gasteiger partial charge in [-0.05, 0) is 43.0 Å². The van der Waals surface area contributed by atoms with Crippen LogP contribution in [-0.2, 0) is 18.4 Å². The van der Waals surface area contributed by atoms with Crippen LogP contribution in [0, 0.1) is 5.92 Å². The minimum atomic E-state index is -0.341. The summed E-state index contributed by atoms with van der Waals surface area (Å²) in [7, 11) is 1.70. The smallest absolute Gasteiger partial charge is 0.408 e. The molecule has 1 aliphatic heterocycles. The average Bonchev–Trinajstić information content (AvgIpc) is 2.73. The van der Waals surface area contributed by atoms with Crippen molar-refractivity contribution in [3.8, 4) is 0 Å². The van der Waals surface area contributed by atoms with Crippen molar-refractivity contribution >= 4 is 17.0 Å². The van der Waals surface area contributed by atoms with Gasteiger partial charge in [-0.3, -0.25) is 14.3 Å². The van der Waals surface area contributed by atoms with Crippen LogP contribution in [-0.4, -0.2) is 28.5 Å². The molecule has 0 radical (unpaired) electrons. The fourth-order valence-corrected chi connectivity index (χ4v) is 3.28. The molecule has 2 aromatic rings. The van der Waals surface area contributed by atoms with E-state index in [0.29, 0.717) is 17.9 Å². The third-order valence-corrected chi connectivity index (χ3v) is 4.36. The molecule has 6 nitrogen and oxygen atoms in total. The van der Waals surface area contributed by atoms with Crippen molar-refractivity contribution in [3.63, 3.8) is 0 Å². The van der Waals surface area contributed by atoms with Gasteiger partial charge >= 0.3 is 5.76 Å². The molecule has 0 saturated carbocycles. The minimum absolute atomic E-state index is 0.223. The monoisotopic (exact) mass is 303 g/mol. The Balaban J connectivity index is 1.72. The van der Waals surface area contributed by atoms with Crippen molar-refractivity contribution < 1.29 is 9.21 Å². The Morgan fingerprint density at radius 3 is 3.05 bits per heavy atom. The van der Waals surface area contributed by atoms with E-state index in [9.17, 15) is 9.59 Å². The second-order valence-electron chi connectivity index (χ2n) is 6.14. The van der Waals surface area contributed by atoms with Crippen molar-refractivity contribution in [3.05, 3.63) is 34.3 Å². The van der Waals surface area contributed by atoms with Crippen LogP contribution < -0.4 is 11.5 Å². The Morgan fingerprint density at radius 1 is 1.45 bits per heavy atom. The van der Waals surface area contributed by atoms with Crippen LogP contribution in [0.4, 0.5) is 0 Å². The molecule has 1 amide bonds. The number of aromatic nitrogens is 1. The molecule has 118 valence electrons. The second-order valence-corrected chi connectivity index (χ2v) is 6.14. The van der Waals surface area contributed by atoms with E-state index >= 15 is 0 Å². The number of benzene rings is 1. The molecule has 1 saturated heterocycles. The van der Waals surface area contributed by atoms with E-state index in [1.54, 1.807) is 7.05 Å². The number of amides is 1. The van der Waals surface area contributed by atoms with Crippen molar-refractivity contribution in [2.75, 3.05) is 13.1 Å². The molecule has 2 heterocycles. The maximum Gasteiger partial charge on any atom is 0.419 e. The van der Waals surface area contributed by atoms with Crippen LogP contribution >= 0.6 is 0 Å². The molecule has 22 heavy (non-hydrogen) atoms. The van der Waals surface area contributed by atoms with Crippen molar-refractivity contribution in [2.24, 2.45) is 18.7 Å². The molecule has 1 unspecified atom stereocenters. The summed E-state index contributed by atoms with van der Waals surface area (Å²) in [6, 6.07) is 5.86. The van der Waals surface area contributed by atoms with E-state index in [-0.39, 0.29) is 11.7 Å². The summed E-state index contributed by atoms with van der Waals surface area (Å²) >= 11 is 0. The normalized spacial score (nSPS) is 19.6. The zero-order valence-corrected chi connectivity index (χ0v) is 12.7. The van der Waals surface area contributed by atoms with Gasteiger partial charge in [-0.1, -0.05) is 6.07 Å². The minimum Gasteiger partial charge on any atom is -0.408 e. The summed E-state index contributed by atoms with van der Waals surface area (Å²) in [5.74, 6) is -0.212. The Morgan fingerprint density at radius 2 is 2.27 bits per heavy atom. The van der Waals surface area contributed by atoms with Crippen molar-refractivity contribution in [1.29, 1.82) is 0 Å². The third kappa shape index (κ3) is 3.06. The summed E-state index contributed by atoms with van der Waals surface area (Å²) in [6.45, 7) is 2.70. The number of fused-ring (bicyclic) bond motifs is 1. The van der Waals surface area contributed by atoms with Gasteiger partial charge in [0.15, 0.2) is 5.58 Å². The highest BCUT2D eigenvalue weighted by atomic mass is 16.4. The molecule has 0 aliphatic carbocycles. The van der Waals surface area contributed by atoms with E-state index in [1.807, 2.05) is 18.2 Å². The summed E-state index contributed by atoms with van der Waals surface area (Å²) in [5, 5.41) is 0. The van der Waals surface area contributed by atoms with Gasteiger partial charge in [0, 0.05) is 26.6 Å². The van der Waals surface area contributed by atoms with Crippen molar-refractivity contribution in [2.45, 2.75) is 25.8 Å². The van der Waals surface area contributed by atoms with Crippen LogP contribution in [0.15, 0.2) is 27.4 Å². The van der Waals surface area contributed by atoms with Gasteiger partial charge in [-0.2, -0.15) is 0 Å². The van der Waals surface area contributed by atoms with E-state index in [1.165, 1.54) is 4.57 Å². The average molecular weight is 303 g/mol. The lowest BCUT2D eigenvalue weighted by Crippen LogP contribution is -2.36. The standard InChI is InChI=1S/C16H21N3O3/c1-18-13-5-4-12(7-14(13)22-16(18)21)10-19-6-2-3-11(9-19)8-15(17)20/h4-5,7,11H,2-3,6,8-10H2,1H3,(H2,17,20). The first kappa shape index (κ1) is 14.8. The largest absolute Gasteiger partial charge is 0.419 e. The zero-order chi connectivity index (χ0) is 15.7. The number of nitrogens with zero attached hydrogens (tertiary/aromatic N) is 2. The molecular formula is C16H21N3O3. The van der Waals surface area contributed by atoms with Crippen LogP contribution in [0.2, 0.25) is 0 Å². The lowest BCUT2D eigenvalue weighted by Gasteiger charge is -2.32. The third-order valence-electron chi connectivity index (χ3n) is 4.36. The number of primary amides is 1. The topological polar surface area (TPSA) is 81.5 Å². The van der Waals surface area contributed by atoms with E-state index in [2.05, 4.69) is 4.90 Å². The zero-order valence-electron chi connectivity index (χ0n) is 12.7. The highest BCUT2D eigenvalue weighted by molar-refractivity contribution is 5.74. The SMILES string of the molecule is Cn1c(=O)oc2cc(CN3CCCC(CC(N)=O)C3)ccc21. The maximum atomic E-state index is 11.5. The van der Waals surface area contributed by atoms with Crippen LogP contribution in [0.5, 0.6) is 0 Å². The number of hydrogen-bond acceptors (Lipinski definition) is 4. The van der Waals surface area contributed by atoms with E-state index < -0.39 is 0 Å². The van der Waals surface area contributed by atoms with E-state index in [0.717, 1.165) is 43.6 Å². The predicted octanol–water partition coefficient (Wildman–Crippen LogP) is 1.22. The van der Waals surface area contributed by atoms with Gasteiger partial charge in [0.05, 0.1) is 5.52 Å². The predicted molar refractivity (Wildman–Crippen MR) is 83.3 cm³/mol. The Bertz CT molecular complexity index is 747. The molecular weight excluding hydrogens is 282 g/mol. The Hall–Kier alpha value is -2.08. The number of carbonyl (C=O) groups is 1. The first-order chi connectivity index (χ1) is 10.5. The van der Waals surface area contributed by atoms with Gasteiger partial charge in [-0.25, -0.2) is 4.79 Å². The summed E-state index contributed by atoms with van der Waals surface area (Å²) < 4.78 is 6.73.